The molecule has 54 heavy (non-hydrogen) atoms. The molecule has 0 spiro atoms. The predicted molar refractivity (Wildman–Crippen MR) is 214 cm³/mol. The maximum Gasteiger partial charge on any atom is 0.306 e. The van der Waals surface area contributed by atoms with Crippen molar-refractivity contribution in [2.45, 2.75) is 173 Å². The first-order valence-electron chi connectivity index (χ1n) is 20.6. The van der Waals surface area contributed by atoms with Crippen molar-refractivity contribution in [3.8, 4) is 0 Å². The number of unbranched alkanes of at least 4 members (excludes halogenated alkanes) is 13. The van der Waals surface area contributed by atoms with Crippen LogP contribution in [0.25, 0.3) is 0 Å². The summed E-state index contributed by atoms with van der Waals surface area (Å²) in [6.45, 7) is 3.17. The van der Waals surface area contributed by atoms with E-state index in [0.717, 1.165) is 38.5 Å². The second-order valence-electron chi connectivity index (χ2n) is 13.8. The summed E-state index contributed by atoms with van der Waals surface area (Å²) in [5.41, 5.74) is 0. The van der Waals surface area contributed by atoms with Gasteiger partial charge in [0.05, 0.1) is 13.2 Å². The van der Waals surface area contributed by atoms with Crippen molar-refractivity contribution in [1.29, 1.82) is 0 Å². The van der Waals surface area contributed by atoms with E-state index >= 15 is 0 Å². The Morgan fingerprint density at radius 2 is 1.13 bits per heavy atom. The van der Waals surface area contributed by atoms with Gasteiger partial charge in [-0.1, -0.05) is 145 Å². The van der Waals surface area contributed by atoms with Gasteiger partial charge in [-0.3, -0.25) is 9.59 Å². The lowest BCUT2D eigenvalue weighted by molar-refractivity contribution is -0.305. The van der Waals surface area contributed by atoms with Crippen LogP contribution in [0.2, 0.25) is 0 Å². The van der Waals surface area contributed by atoms with Gasteiger partial charge in [-0.25, -0.2) is 0 Å². The first-order chi connectivity index (χ1) is 26.3. The van der Waals surface area contributed by atoms with Gasteiger partial charge in [0.1, 0.15) is 31.0 Å². The SMILES string of the molecule is CC/C=C/C=C/C=C/C=C/C=C/CCCC(=O)OC(COC(=O)CCCCCCC/C=C/CCCCCCCCC)CO[C@H]1O[C@@H](CO)[C@@H](O)C(O)C1O. The molecule has 6 atom stereocenters. The van der Waals surface area contributed by atoms with E-state index in [2.05, 4.69) is 32.1 Å². The van der Waals surface area contributed by atoms with Gasteiger partial charge in [-0.2, -0.15) is 0 Å². The van der Waals surface area contributed by atoms with Crippen LogP contribution in [0, 0.1) is 0 Å². The summed E-state index contributed by atoms with van der Waals surface area (Å²) in [4.78, 5) is 25.2. The quantitative estimate of drug-likeness (QED) is 0.0230. The molecule has 1 fully saturated rings. The zero-order valence-electron chi connectivity index (χ0n) is 33.2. The van der Waals surface area contributed by atoms with Gasteiger partial charge >= 0.3 is 11.9 Å². The minimum absolute atomic E-state index is 0.128. The maximum atomic E-state index is 12.7. The van der Waals surface area contributed by atoms with Crippen molar-refractivity contribution < 1.29 is 49.0 Å². The monoisotopic (exact) mass is 761 g/mol. The van der Waals surface area contributed by atoms with E-state index in [4.69, 9.17) is 18.9 Å². The number of hydrogen-bond acceptors (Lipinski definition) is 10. The average Bonchev–Trinajstić information content (AvgIpc) is 3.17. The molecule has 0 amide bonds. The molecule has 3 unspecified atom stereocenters. The van der Waals surface area contributed by atoms with Crippen molar-refractivity contribution >= 4 is 11.9 Å². The fraction of sp³-hybridized carbons (Fsp3) is 0.682. The number of aliphatic hydroxyl groups excluding tert-OH is 4. The van der Waals surface area contributed by atoms with Crippen molar-refractivity contribution in [1.82, 2.24) is 0 Å². The van der Waals surface area contributed by atoms with Crippen LogP contribution in [0.15, 0.2) is 72.9 Å². The molecule has 1 aliphatic heterocycles. The molecule has 10 nitrogen and oxygen atoms in total. The molecule has 1 rings (SSSR count). The second kappa shape index (κ2) is 34.6. The molecular formula is C44H72O10. The minimum atomic E-state index is -1.61. The molecule has 4 N–H and O–H groups in total. The number of hydrogen-bond donors (Lipinski definition) is 4. The van der Waals surface area contributed by atoms with Gasteiger partial charge in [-0.15, -0.1) is 0 Å². The van der Waals surface area contributed by atoms with E-state index in [-0.39, 0.29) is 26.1 Å². The maximum absolute atomic E-state index is 12.7. The Morgan fingerprint density at radius 1 is 0.593 bits per heavy atom. The molecule has 10 heteroatoms. The molecule has 0 aliphatic carbocycles. The molecule has 0 aromatic heterocycles. The van der Waals surface area contributed by atoms with Gasteiger partial charge in [0, 0.05) is 12.8 Å². The van der Waals surface area contributed by atoms with Crippen molar-refractivity contribution in [2.24, 2.45) is 0 Å². The Balaban J connectivity index is 2.42. The molecule has 308 valence electrons. The number of allylic oxidation sites excluding steroid dienone is 12. The highest BCUT2D eigenvalue weighted by Gasteiger charge is 2.44. The van der Waals surface area contributed by atoms with Crippen LogP contribution in [0.1, 0.15) is 136 Å². The van der Waals surface area contributed by atoms with E-state index in [9.17, 15) is 30.0 Å². The van der Waals surface area contributed by atoms with E-state index in [1.807, 2.05) is 54.7 Å². The largest absolute Gasteiger partial charge is 0.462 e. The standard InChI is InChI=1S/C44H72O10/c1-3-5-7-9-11-13-15-17-18-19-21-22-24-26-28-30-32-39(46)51-35-37(36-52-44-43(50)42(49)41(48)38(34-45)54-44)53-40(47)33-31-29-27-25-23-20-16-14-12-10-8-6-4-2/h6,8,10,12,14,16,18-20,23,25,27,37-38,41-45,48-50H,3-5,7,9,11,13,15,17,21-22,24,26,28-36H2,1-2H3/b8-6+,12-10+,16-14+,19-18+,23-20+,27-25+/t37?,38-,41+,42?,43?,44-/m0/s1. The van der Waals surface area contributed by atoms with Crippen LogP contribution in [-0.2, 0) is 28.5 Å². The zero-order chi connectivity index (χ0) is 39.5. The van der Waals surface area contributed by atoms with E-state index < -0.39 is 55.4 Å². The number of ether oxygens (including phenoxy) is 4. The summed E-state index contributed by atoms with van der Waals surface area (Å²) >= 11 is 0. The second-order valence-corrected chi connectivity index (χ2v) is 13.8. The van der Waals surface area contributed by atoms with Crippen LogP contribution in [0.4, 0.5) is 0 Å². The fourth-order valence-electron chi connectivity index (χ4n) is 5.68. The molecular weight excluding hydrogens is 688 g/mol. The van der Waals surface area contributed by atoms with Crippen LogP contribution in [0.3, 0.4) is 0 Å². The predicted octanol–water partition coefficient (Wildman–Crippen LogP) is 8.05. The summed E-state index contributed by atoms with van der Waals surface area (Å²) in [5.74, 6) is -0.911. The first kappa shape index (κ1) is 49.2. The Labute approximate surface area is 325 Å². The summed E-state index contributed by atoms with van der Waals surface area (Å²) in [6, 6.07) is 0. The van der Waals surface area contributed by atoms with Gasteiger partial charge in [0.15, 0.2) is 12.4 Å². The Morgan fingerprint density at radius 3 is 1.74 bits per heavy atom. The normalized spacial score (nSPS) is 21.5. The van der Waals surface area contributed by atoms with Gasteiger partial charge < -0.3 is 39.4 Å². The molecule has 0 radical (unpaired) electrons. The van der Waals surface area contributed by atoms with Crippen LogP contribution in [0.5, 0.6) is 0 Å². The third-order valence-electron chi connectivity index (χ3n) is 8.95. The van der Waals surface area contributed by atoms with Gasteiger partial charge in [0.25, 0.3) is 0 Å². The average molecular weight is 761 g/mol. The lowest BCUT2D eigenvalue weighted by atomic mass is 9.99. The molecule has 1 heterocycles. The van der Waals surface area contributed by atoms with Crippen molar-refractivity contribution in [3.63, 3.8) is 0 Å². The highest BCUT2D eigenvalue weighted by atomic mass is 16.7. The Hall–Kier alpha value is -2.86. The lowest BCUT2D eigenvalue weighted by Gasteiger charge is -2.39. The molecule has 1 saturated heterocycles. The lowest BCUT2D eigenvalue weighted by Crippen LogP contribution is -2.59. The molecule has 0 aromatic rings. The smallest absolute Gasteiger partial charge is 0.306 e. The van der Waals surface area contributed by atoms with Gasteiger partial charge in [0.2, 0.25) is 0 Å². The Kier molecular flexibility index (Phi) is 31.5. The zero-order valence-corrected chi connectivity index (χ0v) is 33.2. The molecule has 1 aliphatic rings. The fourth-order valence-corrected chi connectivity index (χ4v) is 5.68. The Bertz CT molecular complexity index is 1110. The summed E-state index contributed by atoms with van der Waals surface area (Å²) in [5, 5.41) is 39.9. The number of esters is 2. The number of carbonyl (C=O) groups is 2. The third-order valence-corrected chi connectivity index (χ3v) is 8.95. The number of carbonyl (C=O) groups excluding carboxylic acids is 2. The van der Waals surface area contributed by atoms with Crippen LogP contribution >= 0.6 is 0 Å². The van der Waals surface area contributed by atoms with Crippen molar-refractivity contribution in [2.75, 3.05) is 19.8 Å². The highest BCUT2D eigenvalue weighted by Crippen LogP contribution is 2.22. The molecule has 0 aromatic carbocycles. The number of aliphatic hydroxyl groups is 4. The van der Waals surface area contributed by atoms with Crippen LogP contribution in [-0.4, -0.2) is 89.0 Å². The summed E-state index contributed by atoms with van der Waals surface area (Å²) < 4.78 is 22.0. The van der Waals surface area contributed by atoms with E-state index in [1.54, 1.807) is 0 Å². The van der Waals surface area contributed by atoms with E-state index in [0.29, 0.717) is 19.3 Å². The molecule has 0 bridgehead atoms. The minimum Gasteiger partial charge on any atom is -0.462 e. The summed E-state index contributed by atoms with van der Waals surface area (Å²) in [7, 11) is 0. The van der Waals surface area contributed by atoms with Crippen LogP contribution < -0.4 is 0 Å². The topological polar surface area (TPSA) is 152 Å². The van der Waals surface area contributed by atoms with E-state index in [1.165, 1.54) is 51.4 Å². The van der Waals surface area contributed by atoms with Gasteiger partial charge in [-0.05, 0) is 51.4 Å². The third kappa shape index (κ3) is 26.0. The van der Waals surface area contributed by atoms with Crippen molar-refractivity contribution in [3.05, 3.63) is 72.9 Å². The first-order valence-corrected chi connectivity index (χ1v) is 20.6. The summed E-state index contributed by atoms with van der Waals surface area (Å²) in [6.07, 6.45) is 34.9. The number of rotatable bonds is 32. The highest BCUT2D eigenvalue weighted by molar-refractivity contribution is 5.70. The molecule has 0 saturated carbocycles.